The normalized spacial score (nSPS) is 16.7. The first-order valence-electron chi connectivity index (χ1n) is 8.47. The molecule has 0 saturated carbocycles. The van der Waals surface area contributed by atoms with E-state index in [0.29, 0.717) is 5.69 Å². The molecule has 1 aliphatic heterocycles. The van der Waals surface area contributed by atoms with E-state index in [4.69, 9.17) is 0 Å². The lowest BCUT2D eigenvalue weighted by Crippen LogP contribution is -2.49. The molecular weight excluding hydrogens is 336 g/mol. The molecule has 8 heteroatoms. The standard InChI is InChI=1S/C17H28N6OS/c1-5-25(4)13-16(21-19-3)23-10-8-22(9-11-23)14-6-7-15(20-12-14)17(24)18-2/h6-7,12-13,19H,5,8-11H2,1-4H3,(H,18,24)/b21-16+. The zero-order valence-corrected chi connectivity index (χ0v) is 16.3. The van der Waals surface area contributed by atoms with Crippen LogP contribution in [0, 0.1) is 0 Å². The van der Waals surface area contributed by atoms with Crippen LogP contribution in [0.1, 0.15) is 17.4 Å². The number of amides is 1. The van der Waals surface area contributed by atoms with Crippen molar-refractivity contribution in [2.75, 3.05) is 57.2 Å². The first-order chi connectivity index (χ1) is 12.1. The summed E-state index contributed by atoms with van der Waals surface area (Å²) in [5.41, 5.74) is 4.41. The van der Waals surface area contributed by atoms with Crippen LogP contribution >= 0.6 is 10.5 Å². The molecule has 1 saturated heterocycles. The molecule has 2 N–H and O–H groups in total. The van der Waals surface area contributed by atoms with E-state index in [9.17, 15) is 4.79 Å². The van der Waals surface area contributed by atoms with Gasteiger partial charge in [0.05, 0.1) is 11.9 Å². The molecule has 2 heterocycles. The van der Waals surface area contributed by atoms with Gasteiger partial charge in [-0.3, -0.25) is 4.79 Å². The van der Waals surface area contributed by atoms with Crippen molar-refractivity contribution >= 4 is 33.3 Å². The summed E-state index contributed by atoms with van der Waals surface area (Å²) < 4.78 is 0. The van der Waals surface area contributed by atoms with Gasteiger partial charge in [-0.15, -0.1) is 0 Å². The number of hydrogen-bond donors (Lipinski definition) is 2. The van der Waals surface area contributed by atoms with Crippen molar-refractivity contribution in [2.24, 2.45) is 5.10 Å². The molecule has 0 aromatic carbocycles. The third-order valence-corrected chi connectivity index (χ3v) is 5.69. The molecule has 1 amide bonds. The summed E-state index contributed by atoms with van der Waals surface area (Å²) in [7, 11) is 3.68. The fourth-order valence-corrected chi connectivity index (χ4v) is 3.31. The van der Waals surface area contributed by atoms with Gasteiger partial charge in [0.25, 0.3) is 5.91 Å². The fraction of sp³-hybridized carbons (Fsp3) is 0.529. The summed E-state index contributed by atoms with van der Waals surface area (Å²) in [5, 5.41) is 9.29. The largest absolute Gasteiger partial charge is 0.367 e. The van der Waals surface area contributed by atoms with Crippen LogP contribution in [-0.2, 0) is 0 Å². The van der Waals surface area contributed by atoms with Crippen LogP contribution in [0.2, 0.25) is 0 Å². The maximum atomic E-state index is 11.6. The Balaban J connectivity index is 2.01. The van der Waals surface area contributed by atoms with Gasteiger partial charge < -0.3 is 20.5 Å². The van der Waals surface area contributed by atoms with Crippen LogP contribution in [0.3, 0.4) is 0 Å². The monoisotopic (exact) mass is 364 g/mol. The Labute approximate surface area is 152 Å². The number of hydrazone groups is 1. The van der Waals surface area contributed by atoms with Crippen LogP contribution < -0.4 is 15.6 Å². The van der Waals surface area contributed by atoms with E-state index >= 15 is 0 Å². The summed E-state index contributed by atoms with van der Waals surface area (Å²) in [6.45, 7) is 5.83. The molecule has 0 spiro atoms. The molecule has 0 aliphatic carbocycles. The summed E-state index contributed by atoms with van der Waals surface area (Å²) in [6.07, 6.45) is 4.01. The molecule has 1 aliphatic rings. The van der Waals surface area contributed by atoms with Gasteiger partial charge in [-0.2, -0.15) is 15.6 Å². The van der Waals surface area contributed by atoms with Crippen LogP contribution in [0.15, 0.2) is 23.4 Å². The van der Waals surface area contributed by atoms with Crippen molar-refractivity contribution in [3.63, 3.8) is 0 Å². The van der Waals surface area contributed by atoms with E-state index < -0.39 is 0 Å². The molecule has 25 heavy (non-hydrogen) atoms. The van der Waals surface area contributed by atoms with E-state index in [2.05, 4.69) is 49.2 Å². The maximum Gasteiger partial charge on any atom is 0.269 e. The van der Waals surface area contributed by atoms with Gasteiger partial charge in [0.1, 0.15) is 5.69 Å². The van der Waals surface area contributed by atoms with Gasteiger partial charge in [-0.1, -0.05) is 6.92 Å². The van der Waals surface area contributed by atoms with E-state index in [1.165, 1.54) is 0 Å². The predicted octanol–water partition coefficient (Wildman–Crippen LogP) is 0.817. The maximum absolute atomic E-state index is 11.6. The Morgan fingerprint density at radius 3 is 2.56 bits per heavy atom. The zero-order chi connectivity index (χ0) is 18.2. The minimum atomic E-state index is -0.161. The highest BCUT2D eigenvalue weighted by Gasteiger charge is 2.20. The Morgan fingerprint density at radius 2 is 2.04 bits per heavy atom. The third-order valence-electron chi connectivity index (χ3n) is 4.16. The van der Waals surface area contributed by atoms with Gasteiger partial charge in [0.15, 0.2) is 5.84 Å². The van der Waals surface area contributed by atoms with Gasteiger partial charge in [-0.05, 0) is 24.1 Å². The molecule has 1 fully saturated rings. The highest BCUT2D eigenvalue weighted by molar-refractivity contribution is 8.15. The Morgan fingerprint density at radius 1 is 1.32 bits per heavy atom. The summed E-state index contributed by atoms with van der Waals surface area (Å²) in [5.74, 6) is 2.00. The number of rotatable bonds is 5. The van der Waals surface area contributed by atoms with E-state index in [0.717, 1.165) is 43.5 Å². The van der Waals surface area contributed by atoms with Crippen molar-refractivity contribution in [3.05, 3.63) is 24.0 Å². The van der Waals surface area contributed by atoms with Crippen LogP contribution in [-0.4, -0.2) is 79.3 Å². The molecule has 138 valence electrons. The van der Waals surface area contributed by atoms with Crippen molar-refractivity contribution in [2.45, 2.75) is 6.92 Å². The van der Waals surface area contributed by atoms with Crippen molar-refractivity contribution in [1.82, 2.24) is 20.6 Å². The highest BCUT2D eigenvalue weighted by Crippen LogP contribution is 2.16. The van der Waals surface area contributed by atoms with Crippen LogP contribution in [0.5, 0.6) is 0 Å². The highest BCUT2D eigenvalue weighted by atomic mass is 32.2. The topological polar surface area (TPSA) is 72.9 Å². The Bertz CT molecular complexity index is 635. The number of nitrogens with one attached hydrogen (secondary N) is 2. The number of hydrogen-bond acceptors (Lipinski definition) is 5. The first-order valence-corrected chi connectivity index (χ1v) is 10.3. The van der Waals surface area contributed by atoms with E-state index in [1.807, 2.05) is 13.1 Å². The molecular formula is C17H28N6OS. The minimum absolute atomic E-state index is 0.161. The number of nitrogens with zero attached hydrogens (tertiary/aromatic N) is 4. The van der Waals surface area contributed by atoms with Crippen molar-refractivity contribution in [1.29, 1.82) is 0 Å². The summed E-state index contributed by atoms with van der Waals surface area (Å²) >= 11 is 0. The molecule has 2 rings (SSSR count). The average molecular weight is 365 g/mol. The summed E-state index contributed by atoms with van der Waals surface area (Å²) in [6, 6.07) is 3.73. The second kappa shape index (κ2) is 9.41. The lowest BCUT2D eigenvalue weighted by Gasteiger charge is -2.37. The smallest absolute Gasteiger partial charge is 0.269 e. The SMILES string of the molecule is CC/S(C)=C/C(=N\NC)N1CCN(c2ccc(C(=O)NC)nc2)CC1. The molecule has 1 aromatic rings. The molecule has 0 bridgehead atoms. The number of carbonyl (C=O) groups is 1. The first kappa shape index (κ1) is 19.2. The predicted molar refractivity (Wildman–Crippen MR) is 108 cm³/mol. The minimum Gasteiger partial charge on any atom is -0.367 e. The van der Waals surface area contributed by atoms with Gasteiger partial charge in [0, 0.05) is 45.6 Å². The van der Waals surface area contributed by atoms with Crippen LogP contribution in [0.4, 0.5) is 5.69 Å². The van der Waals surface area contributed by atoms with E-state index in [1.54, 1.807) is 19.3 Å². The van der Waals surface area contributed by atoms with Gasteiger partial charge in [-0.25, -0.2) is 4.98 Å². The number of carbonyl (C=O) groups excluding carboxylic acids is 1. The zero-order valence-electron chi connectivity index (χ0n) is 15.5. The quantitative estimate of drug-likeness (QED) is 0.350. The number of aromatic nitrogens is 1. The summed E-state index contributed by atoms with van der Waals surface area (Å²) in [4.78, 5) is 20.4. The Hall–Kier alpha value is -2.09. The fourth-order valence-electron chi connectivity index (χ4n) is 2.58. The average Bonchev–Trinajstić information content (AvgIpc) is 2.67. The molecule has 1 aromatic heterocycles. The Kier molecular flexibility index (Phi) is 7.24. The molecule has 7 nitrogen and oxygen atoms in total. The van der Waals surface area contributed by atoms with Gasteiger partial charge in [0.2, 0.25) is 0 Å². The van der Waals surface area contributed by atoms with Crippen molar-refractivity contribution < 1.29 is 4.79 Å². The molecule has 0 radical (unpaired) electrons. The van der Waals surface area contributed by atoms with Gasteiger partial charge >= 0.3 is 0 Å². The van der Waals surface area contributed by atoms with Crippen molar-refractivity contribution in [3.8, 4) is 0 Å². The second-order valence-electron chi connectivity index (χ2n) is 5.75. The number of anilines is 1. The third kappa shape index (κ3) is 5.19. The van der Waals surface area contributed by atoms with E-state index in [-0.39, 0.29) is 16.4 Å². The molecule has 1 unspecified atom stereocenters. The van der Waals surface area contributed by atoms with Crippen LogP contribution in [0.25, 0.3) is 0 Å². The number of amidine groups is 1. The lowest BCUT2D eigenvalue weighted by atomic mass is 10.2. The second-order valence-corrected chi connectivity index (χ2v) is 7.94. The number of piperazine rings is 1. The number of pyridine rings is 1. The lowest BCUT2D eigenvalue weighted by molar-refractivity contribution is 0.0958. The molecule has 1 atom stereocenters.